The zero-order valence-electron chi connectivity index (χ0n) is 11.5. The van der Waals surface area contributed by atoms with Crippen molar-refractivity contribution >= 4 is 5.97 Å². The Morgan fingerprint density at radius 3 is 3.05 bits per heavy atom. The number of carboxylic acids is 1. The van der Waals surface area contributed by atoms with E-state index in [-0.39, 0.29) is 6.42 Å². The molecule has 1 aromatic heterocycles. The second-order valence-electron chi connectivity index (χ2n) is 4.72. The van der Waals surface area contributed by atoms with Crippen LogP contribution in [0.4, 0.5) is 0 Å². The molecule has 1 rings (SSSR count). The molecule has 6 nitrogen and oxygen atoms in total. The number of hydrogen-bond donors (Lipinski definition) is 2. The standard InChI is InChI=1S/C13H22N2O4/c1-10(3-4-13(16)17)5-6-14-8-11-7-12(9-18-2)19-15-11/h7,10,14H,3-6,8-9H2,1-2H3,(H,16,17). The highest BCUT2D eigenvalue weighted by atomic mass is 16.5. The van der Waals surface area contributed by atoms with Crippen LogP contribution in [0.5, 0.6) is 0 Å². The zero-order valence-corrected chi connectivity index (χ0v) is 11.5. The predicted molar refractivity (Wildman–Crippen MR) is 69.6 cm³/mol. The molecule has 19 heavy (non-hydrogen) atoms. The summed E-state index contributed by atoms with van der Waals surface area (Å²) in [4.78, 5) is 10.4. The van der Waals surface area contributed by atoms with Crippen LogP contribution in [0.2, 0.25) is 0 Å². The topological polar surface area (TPSA) is 84.6 Å². The van der Waals surface area contributed by atoms with Crippen LogP contribution in [0.25, 0.3) is 0 Å². The van der Waals surface area contributed by atoms with Crippen molar-refractivity contribution in [2.24, 2.45) is 5.92 Å². The van der Waals surface area contributed by atoms with E-state index in [1.54, 1.807) is 7.11 Å². The molecule has 6 heteroatoms. The molecule has 0 aliphatic carbocycles. The van der Waals surface area contributed by atoms with Crippen molar-refractivity contribution < 1.29 is 19.2 Å². The third-order valence-electron chi connectivity index (χ3n) is 2.87. The second-order valence-corrected chi connectivity index (χ2v) is 4.72. The van der Waals surface area contributed by atoms with Crippen LogP contribution >= 0.6 is 0 Å². The molecule has 0 radical (unpaired) electrons. The monoisotopic (exact) mass is 270 g/mol. The third-order valence-corrected chi connectivity index (χ3v) is 2.87. The quantitative estimate of drug-likeness (QED) is 0.631. The minimum absolute atomic E-state index is 0.241. The number of carbonyl (C=O) groups is 1. The van der Waals surface area contributed by atoms with Gasteiger partial charge in [0.25, 0.3) is 0 Å². The largest absolute Gasteiger partial charge is 0.481 e. The first-order chi connectivity index (χ1) is 9.11. The summed E-state index contributed by atoms with van der Waals surface area (Å²) in [5.41, 5.74) is 0.852. The number of methoxy groups -OCH3 is 1. The molecular formula is C13H22N2O4. The molecule has 0 aromatic carbocycles. The SMILES string of the molecule is COCc1cc(CNCCC(C)CCC(=O)O)no1. The van der Waals surface area contributed by atoms with E-state index in [1.165, 1.54) is 0 Å². The van der Waals surface area contributed by atoms with E-state index in [0.717, 1.165) is 25.1 Å². The first-order valence-electron chi connectivity index (χ1n) is 6.47. The van der Waals surface area contributed by atoms with Crippen LogP contribution in [0, 0.1) is 5.92 Å². The van der Waals surface area contributed by atoms with Gasteiger partial charge < -0.3 is 19.7 Å². The van der Waals surface area contributed by atoms with Gasteiger partial charge in [-0.25, -0.2) is 0 Å². The highest BCUT2D eigenvalue weighted by Gasteiger charge is 2.06. The maximum atomic E-state index is 10.4. The first-order valence-corrected chi connectivity index (χ1v) is 6.47. The molecule has 0 aliphatic rings. The van der Waals surface area contributed by atoms with Crippen LogP contribution in [0.15, 0.2) is 10.6 Å². The van der Waals surface area contributed by atoms with E-state index in [1.807, 2.05) is 6.07 Å². The first kappa shape index (κ1) is 15.7. The Hall–Kier alpha value is -1.40. The maximum absolute atomic E-state index is 10.4. The van der Waals surface area contributed by atoms with E-state index in [4.69, 9.17) is 14.4 Å². The summed E-state index contributed by atoms with van der Waals surface area (Å²) >= 11 is 0. The van der Waals surface area contributed by atoms with Gasteiger partial charge in [0.2, 0.25) is 0 Å². The average Bonchev–Trinajstić information content (AvgIpc) is 2.80. The summed E-state index contributed by atoms with van der Waals surface area (Å²) in [6.07, 6.45) is 1.92. The minimum atomic E-state index is -0.729. The molecule has 2 N–H and O–H groups in total. The fourth-order valence-corrected chi connectivity index (χ4v) is 1.73. The molecule has 0 saturated carbocycles. The molecule has 0 fully saturated rings. The summed E-state index contributed by atoms with van der Waals surface area (Å²) < 4.78 is 10.0. The number of nitrogens with one attached hydrogen (secondary N) is 1. The normalized spacial score (nSPS) is 12.5. The average molecular weight is 270 g/mol. The highest BCUT2D eigenvalue weighted by Crippen LogP contribution is 2.09. The number of rotatable bonds is 10. The van der Waals surface area contributed by atoms with Crippen molar-refractivity contribution in [2.45, 2.75) is 39.3 Å². The molecule has 108 valence electrons. The lowest BCUT2D eigenvalue weighted by Crippen LogP contribution is -2.17. The van der Waals surface area contributed by atoms with Gasteiger partial charge in [0.1, 0.15) is 6.61 Å². The molecule has 1 atom stereocenters. The van der Waals surface area contributed by atoms with Crippen molar-refractivity contribution in [1.82, 2.24) is 10.5 Å². The molecule has 1 unspecified atom stereocenters. The van der Waals surface area contributed by atoms with Crippen molar-refractivity contribution in [3.8, 4) is 0 Å². The molecule has 0 bridgehead atoms. The molecule has 0 saturated heterocycles. The Kier molecular flexibility index (Phi) is 7.14. The fraction of sp³-hybridized carbons (Fsp3) is 0.692. The Morgan fingerprint density at radius 1 is 1.58 bits per heavy atom. The number of hydrogen-bond acceptors (Lipinski definition) is 5. The molecule has 1 heterocycles. The summed E-state index contributed by atoms with van der Waals surface area (Å²) in [5.74, 6) is 0.396. The lowest BCUT2D eigenvalue weighted by molar-refractivity contribution is -0.137. The third kappa shape index (κ3) is 6.93. The van der Waals surface area contributed by atoms with Crippen LogP contribution in [-0.2, 0) is 22.7 Å². The Bertz CT molecular complexity index is 378. The number of aliphatic carboxylic acids is 1. The van der Waals surface area contributed by atoms with Gasteiger partial charge in [-0.3, -0.25) is 4.79 Å². The van der Waals surface area contributed by atoms with E-state index in [9.17, 15) is 4.79 Å². The van der Waals surface area contributed by atoms with Crippen LogP contribution in [0.1, 0.15) is 37.6 Å². The molecule has 1 aromatic rings. The number of aromatic nitrogens is 1. The number of nitrogens with zero attached hydrogens (tertiary/aromatic N) is 1. The summed E-state index contributed by atoms with van der Waals surface area (Å²) in [6.45, 7) is 3.99. The van der Waals surface area contributed by atoms with Gasteiger partial charge in [-0.05, 0) is 25.3 Å². The Labute approximate surface area is 113 Å². The number of ether oxygens (including phenoxy) is 1. The van der Waals surface area contributed by atoms with Crippen molar-refractivity contribution in [1.29, 1.82) is 0 Å². The fourth-order valence-electron chi connectivity index (χ4n) is 1.73. The van der Waals surface area contributed by atoms with E-state index in [0.29, 0.717) is 24.8 Å². The van der Waals surface area contributed by atoms with Gasteiger partial charge >= 0.3 is 5.97 Å². The molecular weight excluding hydrogens is 248 g/mol. The van der Waals surface area contributed by atoms with Gasteiger partial charge in [-0.2, -0.15) is 0 Å². The smallest absolute Gasteiger partial charge is 0.303 e. The van der Waals surface area contributed by atoms with Gasteiger partial charge in [0, 0.05) is 26.1 Å². The maximum Gasteiger partial charge on any atom is 0.303 e. The van der Waals surface area contributed by atoms with E-state index < -0.39 is 5.97 Å². The van der Waals surface area contributed by atoms with Gasteiger partial charge in [0.15, 0.2) is 5.76 Å². The van der Waals surface area contributed by atoms with E-state index in [2.05, 4.69) is 17.4 Å². The van der Waals surface area contributed by atoms with Crippen molar-refractivity contribution in [2.75, 3.05) is 13.7 Å². The lowest BCUT2D eigenvalue weighted by Gasteiger charge is -2.09. The van der Waals surface area contributed by atoms with Crippen LogP contribution in [-0.4, -0.2) is 29.9 Å². The second kappa shape index (κ2) is 8.66. The van der Waals surface area contributed by atoms with Crippen LogP contribution < -0.4 is 5.32 Å². The summed E-state index contributed by atoms with van der Waals surface area (Å²) in [7, 11) is 1.61. The van der Waals surface area contributed by atoms with Crippen molar-refractivity contribution in [3.63, 3.8) is 0 Å². The van der Waals surface area contributed by atoms with Crippen molar-refractivity contribution in [3.05, 3.63) is 17.5 Å². The lowest BCUT2D eigenvalue weighted by atomic mass is 10.0. The molecule has 0 aliphatic heterocycles. The summed E-state index contributed by atoms with van der Waals surface area (Å²) in [6, 6.07) is 1.87. The number of carboxylic acid groups (broad SMARTS) is 1. The van der Waals surface area contributed by atoms with Crippen LogP contribution in [0.3, 0.4) is 0 Å². The highest BCUT2D eigenvalue weighted by molar-refractivity contribution is 5.66. The van der Waals surface area contributed by atoms with E-state index >= 15 is 0 Å². The Balaban J connectivity index is 2.10. The minimum Gasteiger partial charge on any atom is -0.481 e. The predicted octanol–water partition coefficient (Wildman–Crippen LogP) is 1.80. The molecule has 0 amide bonds. The Morgan fingerprint density at radius 2 is 2.37 bits per heavy atom. The van der Waals surface area contributed by atoms with Gasteiger partial charge in [-0.15, -0.1) is 0 Å². The summed E-state index contributed by atoms with van der Waals surface area (Å²) in [5, 5.41) is 15.8. The van der Waals surface area contributed by atoms with Gasteiger partial charge in [0.05, 0.1) is 5.69 Å². The zero-order chi connectivity index (χ0) is 14.1. The molecule has 0 spiro atoms. The van der Waals surface area contributed by atoms with Gasteiger partial charge in [-0.1, -0.05) is 12.1 Å².